The van der Waals surface area contributed by atoms with Gasteiger partial charge in [-0.3, -0.25) is 4.79 Å². The highest BCUT2D eigenvalue weighted by Crippen LogP contribution is 2.12. The van der Waals surface area contributed by atoms with E-state index in [0.29, 0.717) is 12.5 Å². The molecule has 172 valence electrons. The molecule has 0 spiro atoms. The lowest BCUT2D eigenvalue weighted by Crippen LogP contribution is -2.37. The normalized spacial score (nSPS) is 21.4. The summed E-state index contributed by atoms with van der Waals surface area (Å²) in [7, 11) is 0. The summed E-state index contributed by atoms with van der Waals surface area (Å²) in [6, 6.07) is 0.327. The van der Waals surface area contributed by atoms with E-state index in [1.54, 1.807) is 0 Å². The average molecular weight is 411 g/mol. The maximum atomic E-state index is 12.3. The number of rotatable bonds is 10. The van der Waals surface area contributed by atoms with Crippen LogP contribution in [0.5, 0.6) is 0 Å². The van der Waals surface area contributed by atoms with Gasteiger partial charge >= 0.3 is 0 Å². The molecule has 0 aromatic carbocycles. The van der Waals surface area contributed by atoms with Crippen LogP contribution in [-0.4, -0.2) is 51.2 Å². The summed E-state index contributed by atoms with van der Waals surface area (Å²) in [5, 5.41) is 13.8. The number of hydrogen-bond acceptors (Lipinski definition) is 4. The van der Waals surface area contributed by atoms with Crippen LogP contribution in [0.3, 0.4) is 0 Å². The van der Waals surface area contributed by atoms with Crippen LogP contribution >= 0.6 is 0 Å². The quantitative estimate of drug-likeness (QED) is 0.409. The van der Waals surface area contributed by atoms with Gasteiger partial charge in [0.1, 0.15) is 0 Å². The van der Waals surface area contributed by atoms with Crippen LogP contribution < -0.4 is 21.3 Å². The minimum atomic E-state index is 0.209. The van der Waals surface area contributed by atoms with Crippen molar-refractivity contribution >= 4 is 5.91 Å². The van der Waals surface area contributed by atoms with Crippen molar-refractivity contribution in [3.63, 3.8) is 0 Å². The molecule has 1 aliphatic heterocycles. The van der Waals surface area contributed by atoms with E-state index in [0.717, 1.165) is 58.5 Å². The van der Waals surface area contributed by atoms with Gasteiger partial charge in [-0.2, -0.15) is 0 Å². The van der Waals surface area contributed by atoms with Gasteiger partial charge in [0.2, 0.25) is 5.91 Å². The molecule has 5 nitrogen and oxygen atoms in total. The van der Waals surface area contributed by atoms with Crippen LogP contribution in [0.4, 0.5) is 0 Å². The monoisotopic (exact) mass is 410 g/mol. The average Bonchev–Trinajstić information content (AvgIpc) is 2.72. The van der Waals surface area contributed by atoms with E-state index in [1.807, 2.05) is 0 Å². The Bertz CT molecular complexity index is 365. The third-order valence-corrected chi connectivity index (χ3v) is 5.86. The van der Waals surface area contributed by atoms with E-state index in [4.69, 9.17) is 0 Å². The zero-order chi connectivity index (χ0) is 20.8. The molecule has 0 aromatic heterocycles. The first kappa shape index (κ1) is 26.4. The lowest BCUT2D eigenvalue weighted by molar-refractivity contribution is -0.121. The van der Waals surface area contributed by atoms with Crippen LogP contribution in [0.1, 0.15) is 103 Å². The highest BCUT2D eigenvalue weighted by Gasteiger charge is 2.13. The van der Waals surface area contributed by atoms with Gasteiger partial charge in [-0.05, 0) is 64.8 Å². The third kappa shape index (κ3) is 17.9. The maximum Gasteiger partial charge on any atom is 0.221 e. The number of carbonyl (C=O) groups is 1. The Labute approximate surface area is 180 Å². The largest absolute Gasteiger partial charge is 0.356 e. The van der Waals surface area contributed by atoms with E-state index in [-0.39, 0.29) is 5.91 Å². The fourth-order valence-corrected chi connectivity index (χ4v) is 3.98. The molecule has 29 heavy (non-hydrogen) atoms. The third-order valence-electron chi connectivity index (χ3n) is 5.86. The predicted molar refractivity (Wildman–Crippen MR) is 125 cm³/mol. The Hall–Kier alpha value is -0.650. The Morgan fingerprint density at radius 1 is 0.690 bits per heavy atom. The summed E-state index contributed by atoms with van der Waals surface area (Å²) < 4.78 is 0. The van der Waals surface area contributed by atoms with Crippen LogP contribution in [0.2, 0.25) is 0 Å². The van der Waals surface area contributed by atoms with Crippen molar-refractivity contribution in [2.24, 2.45) is 0 Å². The van der Waals surface area contributed by atoms with Crippen molar-refractivity contribution < 1.29 is 4.79 Å². The molecular formula is C24H50N4O. The van der Waals surface area contributed by atoms with Gasteiger partial charge in [-0.1, -0.05) is 64.7 Å². The van der Waals surface area contributed by atoms with Crippen molar-refractivity contribution in [2.45, 2.75) is 109 Å². The summed E-state index contributed by atoms with van der Waals surface area (Å²) in [6.45, 7) is 8.33. The van der Waals surface area contributed by atoms with Crippen LogP contribution in [0, 0.1) is 0 Å². The Morgan fingerprint density at radius 2 is 1.24 bits per heavy atom. The minimum Gasteiger partial charge on any atom is -0.356 e. The second-order valence-corrected chi connectivity index (χ2v) is 8.74. The van der Waals surface area contributed by atoms with E-state index >= 15 is 0 Å². The fourth-order valence-electron chi connectivity index (χ4n) is 3.98. The summed E-state index contributed by atoms with van der Waals surface area (Å²) >= 11 is 0. The van der Waals surface area contributed by atoms with Crippen LogP contribution in [0.15, 0.2) is 0 Å². The van der Waals surface area contributed by atoms with Crippen LogP contribution in [-0.2, 0) is 4.79 Å². The van der Waals surface area contributed by atoms with Gasteiger partial charge < -0.3 is 21.3 Å². The van der Waals surface area contributed by atoms with Gasteiger partial charge in [0.15, 0.2) is 0 Å². The molecule has 4 N–H and O–H groups in total. The first-order valence-corrected chi connectivity index (χ1v) is 12.7. The number of nitrogens with one attached hydrogen (secondary N) is 4. The highest BCUT2D eigenvalue weighted by atomic mass is 16.1. The molecule has 1 rings (SSSR count). The molecule has 1 aliphatic rings. The second kappa shape index (κ2) is 20.6. The van der Waals surface area contributed by atoms with Gasteiger partial charge in [-0.15, -0.1) is 0 Å². The number of unbranched alkanes of at least 4 members (excludes halogenated alkanes) is 8. The molecular weight excluding hydrogens is 360 g/mol. The van der Waals surface area contributed by atoms with E-state index in [2.05, 4.69) is 28.2 Å². The van der Waals surface area contributed by atoms with Crippen molar-refractivity contribution in [1.82, 2.24) is 21.3 Å². The molecule has 1 atom stereocenters. The number of amides is 1. The van der Waals surface area contributed by atoms with Crippen molar-refractivity contribution in [3.05, 3.63) is 0 Å². The zero-order valence-electron chi connectivity index (χ0n) is 19.3. The van der Waals surface area contributed by atoms with Crippen molar-refractivity contribution in [1.29, 1.82) is 0 Å². The molecule has 1 unspecified atom stereocenters. The smallest absolute Gasteiger partial charge is 0.221 e. The molecule has 1 heterocycles. The maximum absolute atomic E-state index is 12.3. The second-order valence-electron chi connectivity index (χ2n) is 8.74. The summed E-state index contributed by atoms with van der Waals surface area (Å²) in [5.41, 5.74) is 0. The topological polar surface area (TPSA) is 65.2 Å². The van der Waals surface area contributed by atoms with Gasteiger partial charge in [0.25, 0.3) is 0 Å². The van der Waals surface area contributed by atoms with E-state index < -0.39 is 0 Å². The molecule has 0 radical (unpaired) electrons. The fraction of sp³-hybridized carbons (Fsp3) is 0.958. The lowest BCUT2D eigenvalue weighted by Gasteiger charge is -2.19. The Balaban J connectivity index is 2.21. The molecule has 0 aromatic rings. The number of carbonyl (C=O) groups excluding carboxylic acids is 1. The van der Waals surface area contributed by atoms with Crippen molar-refractivity contribution in [2.75, 3.05) is 39.3 Å². The predicted octanol–water partition coefficient (Wildman–Crippen LogP) is 4.13. The SMILES string of the molecule is CCCCCCCCCCCC1CC(=O)NCCCNCCCCNCCCN1. The van der Waals surface area contributed by atoms with Crippen molar-refractivity contribution in [3.8, 4) is 0 Å². The number of hydrogen-bond donors (Lipinski definition) is 4. The molecule has 0 aliphatic carbocycles. The Kier molecular flexibility index (Phi) is 18.8. The highest BCUT2D eigenvalue weighted by molar-refractivity contribution is 5.76. The van der Waals surface area contributed by atoms with E-state index in [9.17, 15) is 4.79 Å². The first-order valence-electron chi connectivity index (χ1n) is 12.7. The standard InChI is InChI=1S/C24H50N4O/c1-2-3-4-5-6-7-8-9-10-15-23-22-24(29)28-21-14-19-26-17-12-11-16-25-18-13-20-27-23/h23,25-27H,2-22H2,1H3,(H,28,29). The van der Waals surface area contributed by atoms with E-state index in [1.165, 1.54) is 70.6 Å². The lowest BCUT2D eigenvalue weighted by atomic mass is 10.0. The van der Waals surface area contributed by atoms with Gasteiger partial charge in [0.05, 0.1) is 0 Å². The summed E-state index contributed by atoms with van der Waals surface area (Å²) in [5.74, 6) is 0.209. The van der Waals surface area contributed by atoms with Crippen LogP contribution in [0.25, 0.3) is 0 Å². The molecule has 1 amide bonds. The summed E-state index contributed by atoms with van der Waals surface area (Å²) in [6.07, 6.45) is 18.5. The van der Waals surface area contributed by atoms with Gasteiger partial charge in [0, 0.05) is 19.0 Å². The zero-order valence-corrected chi connectivity index (χ0v) is 19.3. The molecule has 1 saturated heterocycles. The molecule has 0 bridgehead atoms. The molecule has 1 fully saturated rings. The molecule has 0 saturated carbocycles. The summed E-state index contributed by atoms with van der Waals surface area (Å²) in [4.78, 5) is 12.3. The molecule has 5 heteroatoms. The Morgan fingerprint density at radius 3 is 1.90 bits per heavy atom. The van der Waals surface area contributed by atoms with Gasteiger partial charge in [-0.25, -0.2) is 0 Å². The minimum absolute atomic E-state index is 0.209. The first-order chi connectivity index (χ1) is 14.3.